The molecule has 0 aliphatic carbocycles. The maximum atomic E-state index is 3.91. The van der Waals surface area contributed by atoms with Crippen LogP contribution in [-0.2, 0) is 0 Å². The molecule has 2 heteroatoms. The number of hydrogen-bond donors (Lipinski definition) is 0. The fourth-order valence-corrected chi connectivity index (χ4v) is 2.31. The van der Waals surface area contributed by atoms with E-state index in [0.29, 0.717) is 0 Å². The summed E-state index contributed by atoms with van der Waals surface area (Å²) in [6.07, 6.45) is 1.96. The summed E-state index contributed by atoms with van der Waals surface area (Å²) in [6, 6.07) is 6.43. The summed E-state index contributed by atoms with van der Waals surface area (Å²) >= 11 is 0. The Balaban J connectivity index is 2.28. The Bertz CT molecular complexity index is 376. The van der Waals surface area contributed by atoms with Crippen LogP contribution in [0.15, 0.2) is 24.8 Å². The van der Waals surface area contributed by atoms with E-state index in [1.165, 1.54) is 16.8 Å². The van der Waals surface area contributed by atoms with Crippen molar-refractivity contribution in [1.29, 1.82) is 0 Å². The van der Waals surface area contributed by atoms with Crippen molar-refractivity contribution in [1.82, 2.24) is 4.90 Å². The van der Waals surface area contributed by atoms with Gasteiger partial charge in [0.05, 0.1) is 0 Å². The van der Waals surface area contributed by atoms with Crippen LogP contribution in [0.1, 0.15) is 11.1 Å². The van der Waals surface area contributed by atoms with Gasteiger partial charge in [-0.3, -0.25) is 0 Å². The van der Waals surface area contributed by atoms with Crippen molar-refractivity contribution < 1.29 is 0 Å². The second kappa shape index (κ2) is 4.71. The zero-order chi connectivity index (χ0) is 11.5. The highest BCUT2D eigenvalue weighted by atomic mass is 15.2. The number of piperazine rings is 1. The van der Waals surface area contributed by atoms with Crippen LogP contribution in [0.4, 0.5) is 5.69 Å². The average Bonchev–Trinajstić information content (AvgIpc) is 2.30. The van der Waals surface area contributed by atoms with Crippen LogP contribution in [-0.4, -0.2) is 38.1 Å². The lowest BCUT2D eigenvalue weighted by atomic mass is 10.1. The highest BCUT2D eigenvalue weighted by Gasteiger charge is 2.17. The lowest BCUT2D eigenvalue weighted by Crippen LogP contribution is -2.45. The summed E-state index contributed by atoms with van der Waals surface area (Å²) in [6.45, 7) is 10.6. The molecule has 0 N–H and O–H groups in total. The molecule has 2 nitrogen and oxygen atoms in total. The van der Waals surface area contributed by atoms with Crippen molar-refractivity contribution in [3.8, 4) is 0 Å². The van der Waals surface area contributed by atoms with Gasteiger partial charge in [-0.05, 0) is 25.1 Å². The van der Waals surface area contributed by atoms with Crippen LogP contribution in [0.2, 0.25) is 0 Å². The average molecular weight is 216 g/mol. The molecule has 1 aliphatic heterocycles. The van der Waals surface area contributed by atoms with E-state index in [2.05, 4.69) is 48.5 Å². The predicted octanol–water partition coefficient (Wildman–Crippen LogP) is 2.39. The number of aryl methyl sites for hydroxylation is 1. The summed E-state index contributed by atoms with van der Waals surface area (Å²) in [5, 5.41) is 0. The molecular weight excluding hydrogens is 196 g/mol. The van der Waals surface area contributed by atoms with Gasteiger partial charge in [0.25, 0.3) is 0 Å². The Morgan fingerprint density at radius 3 is 2.50 bits per heavy atom. The van der Waals surface area contributed by atoms with E-state index in [-0.39, 0.29) is 0 Å². The largest absolute Gasteiger partial charge is 0.368 e. The summed E-state index contributed by atoms with van der Waals surface area (Å²) in [4.78, 5) is 4.86. The molecule has 0 unspecified atom stereocenters. The smallest absolute Gasteiger partial charge is 0.0470 e. The highest BCUT2D eigenvalue weighted by Crippen LogP contribution is 2.26. The van der Waals surface area contributed by atoms with Gasteiger partial charge < -0.3 is 9.80 Å². The maximum Gasteiger partial charge on any atom is 0.0470 e. The van der Waals surface area contributed by atoms with Gasteiger partial charge in [-0.2, -0.15) is 0 Å². The van der Waals surface area contributed by atoms with Crippen molar-refractivity contribution in [3.05, 3.63) is 35.9 Å². The first-order valence-corrected chi connectivity index (χ1v) is 5.88. The minimum Gasteiger partial charge on any atom is -0.368 e. The van der Waals surface area contributed by atoms with E-state index in [1.54, 1.807) is 0 Å². The van der Waals surface area contributed by atoms with Crippen LogP contribution >= 0.6 is 0 Å². The fourth-order valence-electron chi connectivity index (χ4n) is 2.31. The third kappa shape index (κ3) is 2.12. The van der Waals surface area contributed by atoms with Crippen LogP contribution in [0.3, 0.4) is 0 Å². The fraction of sp³-hybridized carbons (Fsp3) is 0.429. The number of anilines is 1. The second-order valence-electron chi connectivity index (χ2n) is 4.51. The van der Waals surface area contributed by atoms with Crippen molar-refractivity contribution >= 4 is 11.8 Å². The predicted molar refractivity (Wildman–Crippen MR) is 71.0 cm³/mol. The third-order valence-electron chi connectivity index (χ3n) is 3.31. The molecule has 0 aromatic heterocycles. The molecule has 0 radical (unpaired) electrons. The summed E-state index contributed by atoms with van der Waals surface area (Å²) < 4.78 is 0. The second-order valence-corrected chi connectivity index (χ2v) is 4.51. The topological polar surface area (TPSA) is 6.48 Å². The zero-order valence-electron chi connectivity index (χ0n) is 10.2. The molecule has 0 saturated carbocycles. The molecule has 0 atom stereocenters. The standard InChI is InChI=1S/C14H20N2/c1-4-13-7-5-6-12(2)14(13)16-10-8-15(3)9-11-16/h4-7H,1,8-11H2,2-3H3. The molecule has 1 fully saturated rings. The van der Waals surface area contributed by atoms with Crippen LogP contribution in [0.5, 0.6) is 0 Å². The molecule has 1 aromatic carbocycles. The normalized spacial score (nSPS) is 17.5. The van der Waals surface area contributed by atoms with Crippen LogP contribution in [0.25, 0.3) is 6.08 Å². The number of rotatable bonds is 2. The molecule has 1 aliphatic rings. The van der Waals surface area contributed by atoms with Crippen molar-refractivity contribution in [3.63, 3.8) is 0 Å². The highest BCUT2D eigenvalue weighted by molar-refractivity contribution is 5.70. The number of para-hydroxylation sites is 1. The lowest BCUT2D eigenvalue weighted by Gasteiger charge is -2.35. The van der Waals surface area contributed by atoms with E-state index in [9.17, 15) is 0 Å². The summed E-state index contributed by atoms with van der Waals surface area (Å²) in [5.74, 6) is 0. The molecule has 1 saturated heterocycles. The monoisotopic (exact) mass is 216 g/mol. The molecule has 2 rings (SSSR count). The van der Waals surface area contributed by atoms with E-state index in [1.807, 2.05) is 6.08 Å². The van der Waals surface area contributed by atoms with E-state index in [0.717, 1.165) is 26.2 Å². The Labute approximate surface area is 98.2 Å². The quantitative estimate of drug-likeness (QED) is 0.749. The van der Waals surface area contributed by atoms with Gasteiger partial charge in [0.1, 0.15) is 0 Å². The Morgan fingerprint density at radius 2 is 1.88 bits per heavy atom. The van der Waals surface area contributed by atoms with Crippen molar-refractivity contribution in [2.45, 2.75) is 6.92 Å². The zero-order valence-corrected chi connectivity index (χ0v) is 10.2. The number of likely N-dealkylation sites (N-methyl/N-ethyl adjacent to an activating group) is 1. The van der Waals surface area contributed by atoms with Gasteiger partial charge in [-0.1, -0.05) is 30.9 Å². The molecule has 1 aromatic rings. The molecule has 1 heterocycles. The van der Waals surface area contributed by atoms with E-state index < -0.39 is 0 Å². The van der Waals surface area contributed by atoms with E-state index in [4.69, 9.17) is 0 Å². The van der Waals surface area contributed by atoms with Gasteiger partial charge in [0.2, 0.25) is 0 Å². The van der Waals surface area contributed by atoms with Crippen molar-refractivity contribution in [2.24, 2.45) is 0 Å². The Morgan fingerprint density at radius 1 is 1.19 bits per heavy atom. The molecule has 0 spiro atoms. The Hall–Kier alpha value is -1.28. The first-order chi connectivity index (χ1) is 7.72. The minimum atomic E-state index is 1.11. The van der Waals surface area contributed by atoms with Gasteiger partial charge in [-0.25, -0.2) is 0 Å². The van der Waals surface area contributed by atoms with Gasteiger partial charge >= 0.3 is 0 Å². The first kappa shape index (κ1) is 11.2. The van der Waals surface area contributed by atoms with E-state index >= 15 is 0 Å². The minimum absolute atomic E-state index is 1.11. The molecule has 0 amide bonds. The first-order valence-electron chi connectivity index (χ1n) is 5.88. The summed E-state index contributed by atoms with van der Waals surface area (Å²) in [7, 11) is 2.18. The molecule has 86 valence electrons. The van der Waals surface area contributed by atoms with Gasteiger partial charge in [-0.15, -0.1) is 0 Å². The molecular formula is C14H20N2. The van der Waals surface area contributed by atoms with Gasteiger partial charge in [0, 0.05) is 31.9 Å². The number of nitrogens with zero attached hydrogens (tertiary/aromatic N) is 2. The SMILES string of the molecule is C=Cc1cccc(C)c1N1CCN(C)CC1. The number of benzene rings is 1. The number of hydrogen-bond acceptors (Lipinski definition) is 2. The summed E-state index contributed by atoms with van der Waals surface area (Å²) in [5.41, 5.74) is 3.97. The third-order valence-corrected chi connectivity index (χ3v) is 3.31. The lowest BCUT2D eigenvalue weighted by molar-refractivity contribution is 0.312. The van der Waals surface area contributed by atoms with Crippen molar-refractivity contribution in [2.75, 3.05) is 38.1 Å². The van der Waals surface area contributed by atoms with Crippen LogP contribution < -0.4 is 4.90 Å². The molecule has 0 bridgehead atoms. The maximum absolute atomic E-state index is 3.91. The van der Waals surface area contributed by atoms with Crippen LogP contribution in [0, 0.1) is 6.92 Å². The van der Waals surface area contributed by atoms with Gasteiger partial charge in [0.15, 0.2) is 0 Å². The Kier molecular flexibility index (Phi) is 3.30. The molecule has 16 heavy (non-hydrogen) atoms.